The summed E-state index contributed by atoms with van der Waals surface area (Å²) in [5.41, 5.74) is 1.23. The number of hydrogen-bond acceptors (Lipinski definition) is 9. The van der Waals surface area contributed by atoms with E-state index in [1.165, 1.54) is 4.90 Å². The Morgan fingerprint density at radius 3 is 2.05 bits per heavy atom. The lowest BCUT2D eigenvalue weighted by atomic mass is 10.0. The highest BCUT2D eigenvalue weighted by Crippen LogP contribution is 2.29. The number of carbonyl (C=O) groups excluding carboxylic acids is 3. The minimum Gasteiger partial charge on any atom is -0.445 e. The molecule has 0 spiro atoms. The van der Waals surface area contributed by atoms with E-state index in [1.54, 1.807) is 82.3 Å². The largest absolute Gasteiger partial charge is 0.573 e. The Bertz CT molecular complexity index is 1820. The summed E-state index contributed by atoms with van der Waals surface area (Å²) < 4.78 is 87.3. The lowest BCUT2D eigenvalue weighted by Crippen LogP contribution is -2.59. The fraction of sp³-hybridized carbons (Fsp3) is 0.417. The molecule has 19 heteroatoms. The minimum atomic E-state index is -5.06. The van der Waals surface area contributed by atoms with Gasteiger partial charge in [0, 0.05) is 43.3 Å². The summed E-state index contributed by atoms with van der Waals surface area (Å²) in [6.07, 6.45) is -6.98. The average molecular weight is 836 g/mol. The fourth-order valence-corrected chi connectivity index (χ4v) is 6.76. The van der Waals surface area contributed by atoms with Crippen LogP contribution in [0.4, 0.5) is 18.0 Å². The van der Waals surface area contributed by atoms with Crippen molar-refractivity contribution in [3.63, 3.8) is 0 Å². The van der Waals surface area contributed by atoms with Crippen LogP contribution in [0, 0.1) is 0 Å². The van der Waals surface area contributed by atoms with Gasteiger partial charge < -0.3 is 34.5 Å². The number of sulfonamides is 1. The third-order valence-corrected chi connectivity index (χ3v) is 9.81. The maximum Gasteiger partial charge on any atom is 0.573 e. The number of nitrogens with one attached hydrogen (secondary N) is 3. The Balaban J connectivity index is 1.93. The van der Waals surface area contributed by atoms with E-state index in [9.17, 15) is 36.0 Å². The van der Waals surface area contributed by atoms with Crippen LogP contribution in [0.2, 0.25) is 10.0 Å². The molecular formula is C36H43Cl2F3N4O9S. The fourth-order valence-electron chi connectivity index (χ4n) is 5.05. The maximum absolute atomic E-state index is 14.2. The molecule has 0 aromatic heterocycles. The van der Waals surface area contributed by atoms with Crippen LogP contribution in [-0.4, -0.2) is 88.3 Å². The van der Waals surface area contributed by atoms with Crippen molar-refractivity contribution in [3.8, 4) is 5.75 Å². The summed E-state index contributed by atoms with van der Waals surface area (Å²) in [5.74, 6) is -2.29. The predicted molar refractivity (Wildman–Crippen MR) is 198 cm³/mol. The molecule has 0 aliphatic rings. The number of ether oxygens (including phenoxy) is 4. The van der Waals surface area contributed by atoms with Crippen LogP contribution in [0.15, 0.2) is 77.7 Å². The van der Waals surface area contributed by atoms with Crippen LogP contribution < -0.4 is 20.1 Å². The molecular weight excluding hydrogens is 792 g/mol. The molecule has 55 heavy (non-hydrogen) atoms. The van der Waals surface area contributed by atoms with Gasteiger partial charge in [0.05, 0.1) is 11.6 Å². The van der Waals surface area contributed by atoms with Crippen LogP contribution in [0.1, 0.15) is 38.8 Å². The van der Waals surface area contributed by atoms with Gasteiger partial charge in [-0.2, -0.15) is 0 Å². The van der Waals surface area contributed by atoms with Crippen LogP contribution in [-0.2, 0) is 46.9 Å². The lowest BCUT2D eigenvalue weighted by Gasteiger charge is -2.34. The SMILES string of the molecule is CCOC(CN(C(=O)C(Cc1ccc(Cl)cc1)NC(=O)C(CNS(=O)(=O)c1ccc(OC(F)(F)F)cc1Cl)NC(=O)OCc1ccccc1)C(C)C)OCC. The van der Waals surface area contributed by atoms with Crippen molar-refractivity contribution in [1.82, 2.24) is 20.3 Å². The van der Waals surface area contributed by atoms with Crippen LogP contribution in [0.25, 0.3) is 0 Å². The van der Waals surface area contributed by atoms with E-state index >= 15 is 0 Å². The van der Waals surface area contributed by atoms with Crippen molar-refractivity contribution >= 4 is 51.1 Å². The first kappa shape index (κ1) is 45.3. The second kappa shape index (κ2) is 21.2. The van der Waals surface area contributed by atoms with E-state index in [-0.39, 0.29) is 19.6 Å². The molecule has 0 saturated carbocycles. The zero-order valence-corrected chi connectivity index (χ0v) is 32.7. The van der Waals surface area contributed by atoms with Crippen molar-refractivity contribution in [1.29, 1.82) is 0 Å². The van der Waals surface area contributed by atoms with Gasteiger partial charge in [0.1, 0.15) is 29.3 Å². The topological polar surface area (TPSA) is 162 Å². The van der Waals surface area contributed by atoms with E-state index in [0.29, 0.717) is 35.4 Å². The first-order valence-corrected chi connectivity index (χ1v) is 19.3. The quantitative estimate of drug-likeness (QED) is 0.119. The van der Waals surface area contributed by atoms with E-state index < -0.39 is 80.9 Å². The number of alkyl halides is 3. The molecule has 0 fully saturated rings. The van der Waals surface area contributed by atoms with Gasteiger partial charge in [-0.25, -0.2) is 17.9 Å². The molecule has 0 aliphatic carbocycles. The average Bonchev–Trinajstić information content (AvgIpc) is 3.11. The van der Waals surface area contributed by atoms with Gasteiger partial charge in [-0.3, -0.25) is 9.59 Å². The van der Waals surface area contributed by atoms with E-state index in [0.717, 1.165) is 12.1 Å². The Morgan fingerprint density at radius 2 is 1.49 bits per heavy atom. The number of carbonyl (C=O) groups is 3. The molecule has 2 atom stereocenters. The number of rotatable bonds is 20. The highest BCUT2D eigenvalue weighted by Gasteiger charge is 2.34. The molecule has 0 radical (unpaired) electrons. The number of hydrogen-bond donors (Lipinski definition) is 3. The zero-order chi connectivity index (χ0) is 40.8. The lowest BCUT2D eigenvalue weighted by molar-refractivity contribution is -0.274. The summed E-state index contributed by atoms with van der Waals surface area (Å²) in [7, 11) is -4.62. The molecule has 13 nitrogen and oxygen atoms in total. The molecule has 3 rings (SSSR count). The van der Waals surface area contributed by atoms with Crippen LogP contribution >= 0.6 is 23.2 Å². The van der Waals surface area contributed by atoms with Gasteiger partial charge in [-0.15, -0.1) is 13.2 Å². The van der Waals surface area contributed by atoms with Gasteiger partial charge in [-0.05, 0) is 63.1 Å². The summed E-state index contributed by atoms with van der Waals surface area (Å²) >= 11 is 12.1. The van der Waals surface area contributed by atoms with Crippen molar-refractivity contribution in [2.45, 2.75) is 76.4 Å². The molecule has 302 valence electrons. The molecule has 0 heterocycles. The number of halogens is 5. The number of amides is 3. The Morgan fingerprint density at radius 1 is 0.855 bits per heavy atom. The molecule has 3 aromatic carbocycles. The van der Waals surface area contributed by atoms with Gasteiger partial charge in [0.2, 0.25) is 21.8 Å². The Labute approximate surface area is 327 Å². The normalized spacial score (nSPS) is 12.9. The molecule has 0 aliphatic heterocycles. The van der Waals surface area contributed by atoms with Crippen molar-refractivity contribution in [2.24, 2.45) is 0 Å². The molecule has 2 unspecified atom stereocenters. The third-order valence-electron chi connectivity index (χ3n) is 7.65. The second-order valence-corrected chi connectivity index (χ2v) is 14.6. The van der Waals surface area contributed by atoms with Crippen LogP contribution in [0.5, 0.6) is 5.75 Å². The van der Waals surface area contributed by atoms with E-state index in [4.69, 9.17) is 37.4 Å². The molecule has 3 amide bonds. The maximum atomic E-state index is 14.2. The van der Waals surface area contributed by atoms with Gasteiger partial charge >= 0.3 is 12.5 Å². The zero-order valence-electron chi connectivity index (χ0n) is 30.4. The van der Waals surface area contributed by atoms with Crippen molar-refractivity contribution < 1.29 is 54.9 Å². The molecule has 0 saturated heterocycles. The monoisotopic (exact) mass is 834 g/mol. The van der Waals surface area contributed by atoms with E-state index in [2.05, 4.69) is 20.1 Å². The van der Waals surface area contributed by atoms with E-state index in [1.807, 2.05) is 0 Å². The van der Waals surface area contributed by atoms with Crippen molar-refractivity contribution in [3.05, 3.63) is 94.0 Å². The van der Waals surface area contributed by atoms with Gasteiger partial charge in [-0.1, -0.05) is 65.7 Å². The molecule has 0 bridgehead atoms. The minimum absolute atomic E-state index is 0.00597. The Hall–Kier alpha value is -4.13. The smallest absolute Gasteiger partial charge is 0.445 e. The molecule has 3 N–H and O–H groups in total. The summed E-state index contributed by atoms with van der Waals surface area (Å²) in [5, 5.41) is 4.80. The second-order valence-electron chi connectivity index (χ2n) is 12.1. The van der Waals surface area contributed by atoms with Gasteiger partial charge in [0.25, 0.3) is 0 Å². The first-order chi connectivity index (χ1) is 25.9. The van der Waals surface area contributed by atoms with Crippen LogP contribution in [0.3, 0.4) is 0 Å². The number of alkyl carbamates (subject to hydrolysis) is 1. The molecule has 3 aromatic rings. The summed E-state index contributed by atoms with van der Waals surface area (Å²) in [6, 6.07) is 13.9. The number of benzene rings is 3. The summed E-state index contributed by atoms with van der Waals surface area (Å²) in [6.45, 7) is 6.68. The number of nitrogens with zero attached hydrogens (tertiary/aromatic N) is 1. The standard InChI is InChI=1S/C36H43Cl2F3N4O9S/c1-5-51-32(52-6-2)21-45(23(3)4)34(47)29(18-24-12-14-26(37)15-13-24)43-33(46)30(44-35(48)53-22-25-10-8-7-9-11-25)20-42-55(49,50)31-17-16-27(19-28(31)38)54-36(39,40)41/h7-17,19,23,29-30,32,42H,5-6,18,20-22H2,1-4H3,(H,43,46)(H,44,48). The predicted octanol–water partition coefficient (Wildman–Crippen LogP) is 5.83. The first-order valence-electron chi connectivity index (χ1n) is 17.0. The highest BCUT2D eigenvalue weighted by molar-refractivity contribution is 7.89. The summed E-state index contributed by atoms with van der Waals surface area (Å²) in [4.78, 5) is 42.1. The van der Waals surface area contributed by atoms with Gasteiger partial charge in [0.15, 0.2) is 6.29 Å². The van der Waals surface area contributed by atoms with Crippen molar-refractivity contribution in [2.75, 3.05) is 26.3 Å². The Kier molecular flexibility index (Phi) is 17.5. The third kappa shape index (κ3) is 15.1. The highest BCUT2D eigenvalue weighted by atomic mass is 35.5.